The molecule has 0 radical (unpaired) electrons. The first-order chi connectivity index (χ1) is 9.93. The Kier molecular flexibility index (Phi) is 4.85. The lowest BCUT2D eigenvalue weighted by Crippen LogP contribution is -2.30. The van der Waals surface area contributed by atoms with Crippen LogP contribution in [-0.4, -0.2) is 29.6 Å². The number of nitrogens with one attached hydrogen (secondary N) is 2. The summed E-state index contributed by atoms with van der Waals surface area (Å²) in [5.74, 6) is -0.527. The summed E-state index contributed by atoms with van der Waals surface area (Å²) in [4.78, 5) is 23.5. The van der Waals surface area contributed by atoms with Crippen molar-refractivity contribution in [3.05, 3.63) is 28.8 Å². The third kappa shape index (κ3) is 3.95. The Labute approximate surface area is 128 Å². The Bertz CT molecular complexity index is 554. The fraction of sp³-hybridized carbons (Fsp3) is 0.467. The van der Waals surface area contributed by atoms with Gasteiger partial charge < -0.3 is 15.7 Å². The van der Waals surface area contributed by atoms with Crippen molar-refractivity contribution in [2.45, 2.75) is 37.7 Å². The minimum Gasteiger partial charge on any atom is -0.389 e. The number of rotatable bonds is 4. The zero-order valence-corrected chi connectivity index (χ0v) is 12.7. The highest BCUT2D eigenvalue weighted by Crippen LogP contribution is 2.32. The molecule has 5 nitrogen and oxygen atoms in total. The number of carbonyl (C=O) groups is 2. The maximum absolute atomic E-state index is 12.0. The summed E-state index contributed by atoms with van der Waals surface area (Å²) in [6.45, 7) is 0. The zero-order valence-electron chi connectivity index (χ0n) is 11.9. The van der Waals surface area contributed by atoms with Gasteiger partial charge in [-0.25, -0.2) is 0 Å². The Balaban J connectivity index is 2.01. The van der Waals surface area contributed by atoms with E-state index in [2.05, 4.69) is 10.6 Å². The molecule has 0 bridgehead atoms. The molecule has 2 rings (SSSR count). The van der Waals surface area contributed by atoms with Crippen LogP contribution in [-0.2, 0) is 4.79 Å². The summed E-state index contributed by atoms with van der Waals surface area (Å²) < 4.78 is 0. The molecule has 1 aliphatic carbocycles. The minimum atomic E-state index is -0.879. The lowest BCUT2D eigenvalue weighted by molar-refractivity contribution is -0.120. The Morgan fingerprint density at radius 1 is 1.33 bits per heavy atom. The van der Waals surface area contributed by atoms with E-state index in [1.54, 1.807) is 12.1 Å². The number of halogens is 1. The number of amides is 2. The number of benzene rings is 1. The van der Waals surface area contributed by atoms with Gasteiger partial charge in [0.15, 0.2) is 0 Å². The quantitative estimate of drug-likeness (QED) is 0.798. The lowest BCUT2D eigenvalue weighted by Gasteiger charge is -2.21. The molecule has 0 heterocycles. The Hall–Kier alpha value is -1.59. The van der Waals surface area contributed by atoms with Gasteiger partial charge >= 0.3 is 0 Å². The molecule has 0 spiro atoms. The van der Waals surface area contributed by atoms with Crippen LogP contribution in [0.1, 0.15) is 42.5 Å². The summed E-state index contributed by atoms with van der Waals surface area (Å²) >= 11 is 6.02. The van der Waals surface area contributed by atoms with Crippen molar-refractivity contribution in [2.24, 2.45) is 0 Å². The van der Waals surface area contributed by atoms with E-state index in [-0.39, 0.29) is 23.3 Å². The topological polar surface area (TPSA) is 78.4 Å². The second-order valence-electron chi connectivity index (χ2n) is 5.43. The molecule has 6 heteroatoms. The predicted octanol–water partition coefficient (Wildman–Crippen LogP) is 2.33. The van der Waals surface area contributed by atoms with Gasteiger partial charge in [-0.2, -0.15) is 0 Å². The van der Waals surface area contributed by atoms with Crippen molar-refractivity contribution in [2.75, 3.05) is 12.4 Å². The summed E-state index contributed by atoms with van der Waals surface area (Å²) in [5, 5.41) is 15.7. The van der Waals surface area contributed by atoms with Crippen LogP contribution >= 0.6 is 11.6 Å². The molecule has 0 atom stereocenters. The highest BCUT2D eigenvalue weighted by molar-refractivity contribution is 6.34. The van der Waals surface area contributed by atoms with Gasteiger partial charge in [-0.1, -0.05) is 24.4 Å². The van der Waals surface area contributed by atoms with Gasteiger partial charge in [-0.05, 0) is 31.0 Å². The van der Waals surface area contributed by atoms with E-state index in [0.29, 0.717) is 24.1 Å². The normalized spacial score (nSPS) is 16.5. The fourth-order valence-electron chi connectivity index (χ4n) is 2.63. The average molecular weight is 311 g/mol. The largest absolute Gasteiger partial charge is 0.389 e. The molecule has 1 aromatic rings. The molecule has 0 saturated heterocycles. The summed E-state index contributed by atoms with van der Waals surface area (Å²) in [5.41, 5.74) is -0.0125. The SMILES string of the molecule is CNC(=O)c1ccc(NC(=O)CC2(O)CCCC2)cc1Cl. The van der Waals surface area contributed by atoms with Crippen molar-refractivity contribution < 1.29 is 14.7 Å². The standard InChI is InChI=1S/C15H19ClN2O3/c1-17-14(20)11-5-4-10(8-12(11)16)18-13(19)9-15(21)6-2-3-7-15/h4-5,8,21H,2-3,6-7,9H2,1H3,(H,17,20)(H,18,19). The second-order valence-corrected chi connectivity index (χ2v) is 5.84. The number of carbonyl (C=O) groups excluding carboxylic acids is 2. The third-order valence-electron chi connectivity index (χ3n) is 3.75. The molecule has 0 unspecified atom stereocenters. The highest BCUT2D eigenvalue weighted by atomic mass is 35.5. The Morgan fingerprint density at radius 2 is 2.00 bits per heavy atom. The van der Waals surface area contributed by atoms with Gasteiger partial charge in [0.05, 0.1) is 22.6 Å². The zero-order chi connectivity index (χ0) is 15.5. The van der Waals surface area contributed by atoms with Gasteiger partial charge in [-0.3, -0.25) is 9.59 Å². The molecule has 1 aromatic carbocycles. The van der Waals surface area contributed by atoms with Crippen LogP contribution in [0, 0.1) is 0 Å². The maximum Gasteiger partial charge on any atom is 0.252 e. The predicted molar refractivity (Wildman–Crippen MR) is 81.5 cm³/mol. The van der Waals surface area contributed by atoms with Crippen LogP contribution < -0.4 is 10.6 Å². The fourth-order valence-corrected chi connectivity index (χ4v) is 2.89. The van der Waals surface area contributed by atoms with E-state index < -0.39 is 5.60 Å². The van der Waals surface area contributed by atoms with Crippen molar-refractivity contribution in [3.63, 3.8) is 0 Å². The molecule has 2 amide bonds. The smallest absolute Gasteiger partial charge is 0.252 e. The highest BCUT2D eigenvalue weighted by Gasteiger charge is 2.33. The Morgan fingerprint density at radius 3 is 2.57 bits per heavy atom. The van der Waals surface area contributed by atoms with E-state index in [4.69, 9.17) is 11.6 Å². The summed E-state index contributed by atoms with van der Waals surface area (Å²) in [6.07, 6.45) is 3.32. The van der Waals surface area contributed by atoms with Gasteiger partial charge in [-0.15, -0.1) is 0 Å². The monoisotopic (exact) mass is 310 g/mol. The molecular weight excluding hydrogens is 292 g/mol. The van der Waals surface area contributed by atoms with Crippen LogP contribution in [0.5, 0.6) is 0 Å². The first-order valence-electron chi connectivity index (χ1n) is 6.97. The maximum atomic E-state index is 12.0. The van der Waals surface area contributed by atoms with Crippen molar-refractivity contribution >= 4 is 29.1 Å². The summed E-state index contributed by atoms with van der Waals surface area (Å²) in [7, 11) is 1.52. The first-order valence-corrected chi connectivity index (χ1v) is 7.35. The average Bonchev–Trinajstić information content (AvgIpc) is 2.84. The van der Waals surface area contributed by atoms with E-state index in [9.17, 15) is 14.7 Å². The minimum absolute atomic E-state index is 0.0851. The van der Waals surface area contributed by atoms with Crippen molar-refractivity contribution in [1.29, 1.82) is 0 Å². The molecule has 1 aliphatic rings. The second kappa shape index (κ2) is 6.45. The van der Waals surface area contributed by atoms with Gasteiger partial charge in [0.1, 0.15) is 0 Å². The molecule has 1 fully saturated rings. The van der Waals surface area contributed by atoms with E-state index >= 15 is 0 Å². The molecule has 0 aliphatic heterocycles. The van der Waals surface area contributed by atoms with E-state index in [1.807, 2.05) is 0 Å². The molecule has 1 saturated carbocycles. The van der Waals surface area contributed by atoms with E-state index in [1.165, 1.54) is 13.1 Å². The van der Waals surface area contributed by atoms with Crippen LogP contribution in [0.15, 0.2) is 18.2 Å². The van der Waals surface area contributed by atoms with Crippen molar-refractivity contribution in [1.82, 2.24) is 5.32 Å². The summed E-state index contributed by atoms with van der Waals surface area (Å²) in [6, 6.07) is 4.71. The number of anilines is 1. The number of hydrogen-bond donors (Lipinski definition) is 3. The van der Waals surface area contributed by atoms with E-state index in [0.717, 1.165) is 12.8 Å². The van der Waals surface area contributed by atoms with Gasteiger partial charge in [0.25, 0.3) is 5.91 Å². The molecular formula is C15H19ClN2O3. The van der Waals surface area contributed by atoms with Crippen molar-refractivity contribution in [3.8, 4) is 0 Å². The van der Waals surface area contributed by atoms with Crippen LogP contribution in [0.4, 0.5) is 5.69 Å². The number of hydrogen-bond acceptors (Lipinski definition) is 3. The van der Waals surface area contributed by atoms with Crippen LogP contribution in [0.3, 0.4) is 0 Å². The van der Waals surface area contributed by atoms with Crippen LogP contribution in [0.25, 0.3) is 0 Å². The first kappa shape index (κ1) is 15.8. The molecule has 21 heavy (non-hydrogen) atoms. The molecule has 114 valence electrons. The molecule has 0 aromatic heterocycles. The number of aliphatic hydroxyl groups is 1. The molecule has 3 N–H and O–H groups in total. The van der Waals surface area contributed by atoms with Crippen LogP contribution in [0.2, 0.25) is 5.02 Å². The van der Waals surface area contributed by atoms with Gasteiger partial charge in [0.2, 0.25) is 5.91 Å². The van der Waals surface area contributed by atoms with Gasteiger partial charge in [0, 0.05) is 12.7 Å². The lowest BCUT2D eigenvalue weighted by atomic mass is 9.97. The third-order valence-corrected chi connectivity index (χ3v) is 4.06.